The normalized spacial score (nSPS) is 10.7. The smallest absolute Gasteiger partial charge is 0.339 e. The first-order valence-electron chi connectivity index (χ1n) is 8.13. The lowest BCUT2D eigenvalue weighted by molar-refractivity contribution is 0.0691. The second-order valence-corrected chi connectivity index (χ2v) is 6.58. The number of aromatic carboxylic acids is 1. The van der Waals surface area contributed by atoms with Crippen LogP contribution in [0.1, 0.15) is 15.9 Å². The molecule has 3 rings (SSSR count). The molecule has 0 spiro atoms. The minimum Gasteiger partial charge on any atom is -0.491 e. The van der Waals surface area contributed by atoms with Gasteiger partial charge in [0.2, 0.25) is 0 Å². The average molecular weight is 369 g/mol. The Kier molecular flexibility index (Phi) is 5.99. The van der Waals surface area contributed by atoms with Gasteiger partial charge in [-0.25, -0.2) is 4.79 Å². The number of hydrogen-bond acceptors (Lipinski definition) is 5. The van der Waals surface area contributed by atoms with Crippen LogP contribution in [0.2, 0.25) is 0 Å². The monoisotopic (exact) mass is 369 g/mol. The Morgan fingerprint density at radius 1 is 1.15 bits per heavy atom. The molecule has 0 bridgehead atoms. The van der Waals surface area contributed by atoms with E-state index < -0.39 is 5.97 Å². The van der Waals surface area contributed by atoms with Gasteiger partial charge in [-0.05, 0) is 23.8 Å². The fourth-order valence-electron chi connectivity index (χ4n) is 2.61. The minimum atomic E-state index is -1.02. The number of nitrogens with two attached hydrogens (primary N) is 1. The van der Waals surface area contributed by atoms with Gasteiger partial charge in [0.05, 0.1) is 12.5 Å². The van der Waals surface area contributed by atoms with Gasteiger partial charge in [-0.15, -0.1) is 11.8 Å². The van der Waals surface area contributed by atoms with Gasteiger partial charge in [0.15, 0.2) is 0 Å². The fourth-order valence-corrected chi connectivity index (χ4v) is 3.52. The molecular formula is C20H19NO4S. The maximum atomic E-state index is 12.0. The van der Waals surface area contributed by atoms with Crippen LogP contribution in [0, 0.1) is 0 Å². The van der Waals surface area contributed by atoms with Crippen molar-refractivity contribution in [2.45, 2.75) is 10.6 Å². The number of ether oxygens (including phenoxy) is 1. The van der Waals surface area contributed by atoms with Gasteiger partial charge < -0.3 is 20.0 Å². The summed E-state index contributed by atoms with van der Waals surface area (Å²) in [5.74, 6) is -0.169. The average Bonchev–Trinajstić information content (AvgIpc) is 3.19. The van der Waals surface area contributed by atoms with Crippen LogP contribution < -0.4 is 10.5 Å². The van der Waals surface area contributed by atoms with Crippen LogP contribution in [0.15, 0.2) is 70.4 Å². The van der Waals surface area contributed by atoms with E-state index in [-0.39, 0.29) is 12.2 Å². The number of carbonyl (C=O) groups is 1. The zero-order valence-corrected chi connectivity index (χ0v) is 14.9. The molecule has 5 nitrogen and oxygen atoms in total. The number of thioether (sulfide) groups is 1. The van der Waals surface area contributed by atoms with E-state index in [0.717, 1.165) is 10.5 Å². The molecule has 0 saturated heterocycles. The van der Waals surface area contributed by atoms with Crippen molar-refractivity contribution in [3.05, 3.63) is 72.2 Å². The first-order chi connectivity index (χ1) is 12.7. The van der Waals surface area contributed by atoms with E-state index in [2.05, 4.69) is 0 Å². The molecule has 0 aliphatic heterocycles. The Morgan fingerprint density at radius 2 is 1.96 bits per heavy atom. The third-order valence-electron chi connectivity index (χ3n) is 3.79. The third-order valence-corrected chi connectivity index (χ3v) is 4.85. The highest BCUT2D eigenvalue weighted by molar-refractivity contribution is 7.98. The molecule has 0 fully saturated rings. The lowest BCUT2D eigenvalue weighted by Crippen LogP contribution is -2.14. The molecule has 2 aromatic carbocycles. The molecule has 26 heavy (non-hydrogen) atoms. The Balaban J connectivity index is 2.00. The number of hydrogen-bond donors (Lipinski definition) is 2. The standard InChI is InChI=1S/C20H19NO4S/c21-9-11-25-19-17(14-8-10-24-12-14)7-6-15(18(19)20(22)23)13-26-16-4-2-1-3-5-16/h1-8,10,12H,9,11,13,21H2,(H,22,23). The maximum absolute atomic E-state index is 12.0. The van der Waals surface area contributed by atoms with Crippen LogP contribution in [0.4, 0.5) is 0 Å². The van der Waals surface area contributed by atoms with Gasteiger partial charge in [0.25, 0.3) is 0 Å². The van der Waals surface area contributed by atoms with Crippen molar-refractivity contribution in [3.8, 4) is 16.9 Å². The lowest BCUT2D eigenvalue weighted by Gasteiger charge is -2.16. The van der Waals surface area contributed by atoms with Gasteiger partial charge in [0.1, 0.15) is 17.9 Å². The van der Waals surface area contributed by atoms with Crippen LogP contribution in [-0.4, -0.2) is 24.2 Å². The molecule has 0 saturated carbocycles. The van der Waals surface area contributed by atoms with E-state index >= 15 is 0 Å². The van der Waals surface area contributed by atoms with E-state index in [1.54, 1.807) is 30.4 Å². The van der Waals surface area contributed by atoms with E-state index in [9.17, 15) is 9.90 Å². The first kappa shape index (κ1) is 18.1. The SMILES string of the molecule is NCCOc1c(-c2ccoc2)ccc(CSc2ccccc2)c1C(=O)O. The molecule has 1 heterocycles. The summed E-state index contributed by atoms with van der Waals surface area (Å²) < 4.78 is 10.9. The molecule has 1 aromatic heterocycles. The molecule has 3 aromatic rings. The van der Waals surface area contributed by atoms with E-state index in [0.29, 0.717) is 29.2 Å². The van der Waals surface area contributed by atoms with Gasteiger partial charge >= 0.3 is 5.97 Å². The Bertz CT molecular complexity index is 863. The molecule has 0 aliphatic carbocycles. The molecule has 0 atom stereocenters. The second-order valence-electron chi connectivity index (χ2n) is 5.53. The van der Waals surface area contributed by atoms with Crippen LogP contribution >= 0.6 is 11.8 Å². The quantitative estimate of drug-likeness (QED) is 0.577. The van der Waals surface area contributed by atoms with Crippen LogP contribution in [0.5, 0.6) is 5.75 Å². The van der Waals surface area contributed by atoms with E-state index in [1.807, 2.05) is 42.5 Å². The van der Waals surface area contributed by atoms with Crippen molar-refractivity contribution < 1.29 is 19.1 Å². The topological polar surface area (TPSA) is 85.7 Å². The highest BCUT2D eigenvalue weighted by Crippen LogP contribution is 2.37. The summed E-state index contributed by atoms with van der Waals surface area (Å²) in [7, 11) is 0. The van der Waals surface area contributed by atoms with Crippen LogP contribution in [0.25, 0.3) is 11.1 Å². The summed E-state index contributed by atoms with van der Waals surface area (Å²) in [6.07, 6.45) is 3.11. The van der Waals surface area contributed by atoms with Crippen LogP contribution in [0.3, 0.4) is 0 Å². The molecular weight excluding hydrogens is 350 g/mol. The summed E-state index contributed by atoms with van der Waals surface area (Å²) >= 11 is 1.58. The summed E-state index contributed by atoms with van der Waals surface area (Å²) in [6.45, 7) is 0.535. The molecule has 3 N–H and O–H groups in total. The maximum Gasteiger partial charge on any atom is 0.339 e. The van der Waals surface area contributed by atoms with Crippen LogP contribution in [-0.2, 0) is 5.75 Å². The largest absolute Gasteiger partial charge is 0.491 e. The summed E-state index contributed by atoms with van der Waals surface area (Å²) in [5, 5.41) is 9.82. The predicted molar refractivity (Wildman–Crippen MR) is 102 cm³/mol. The van der Waals surface area contributed by atoms with Crippen molar-refractivity contribution in [1.29, 1.82) is 0 Å². The molecule has 0 aliphatic rings. The lowest BCUT2D eigenvalue weighted by atomic mass is 9.99. The second kappa shape index (κ2) is 8.60. The highest BCUT2D eigenvalue weighted by atomic mass is 32.2. The summed E-state index contributed by atoms with van der Waals surface area (Å²) in [4.78, 5) is 13.1. The molecule has 6 heteroatoms. The van der Waals surface area contributed by atoms with E-state index in [1.165, 1.54) is 0 Å². The molecule has 0 unspecified atom stereocenters. The number of carboxylic acid groups (broad SMARTS) is 1. The zero-order chi connectivity index (χ0) is 18.4. The Hall–Kier alpha value is -2.70. The van der Waals surface area contributed by atoms with Gasteiger partial charge in [0, 0.05) is 28.3 Å². The van der Waals surface area contributed by atoms with Crippen molar-refractivity contribution in [3.63, 3.8) is 0 Å². The summed E-state index contributed by atoms with van der Waals surface area (Å²) in [5.41, 5.74) is 7.86. The van der Waals surface area contributed by atoms with Crippen molar-refractivity contribution >= 4 is 17.7 Å². The number of benzene rings is 2. The first-order valence-corrected chi connectivity index (χ1v) is 9.11. The summed E-state index contributed by atoms with van der Waals surface area (Å²) in [6, 6.07) is 15.3. The fraction of sp³-hybridized carbons (Fsp3) is 0.150. The minimum absolute atomic E-state index is 0.167. The van der Waals surface area contributed by atoms with Crippen molar-refractivity contribution in [2.75, 3.05) is 13.2 Å². The number of rotatable bonds is 8. The van der Waals surface area contributed by atoms with Crippen molar-refractivity contribution in [2.24, 2.45) is 5.73 Å². The number of furan rings is 1. The Morgan fingerprint density at radius 3 is 2.62 bits per heavy atom. The number of carboxylic acids is 1. The van der Waals surface area contributed by atoms with Gasteiger partial charge in [-0.2, -0.15) is 0 Å². The van der Waals surface area contributed by atoms with Gasteiger partial charge in [-0.1, -0.05) is 30.3 Å². The van der Waals surface area contributed by atoms with Crippen molar-refractivity contribution in [1.82, 2.24) is 0 Å². The van der Waals surface area contributed by atoms with Gasteiger partial charge in [-0.3, -0.25) is 0 Å². The molecule has 134 valence electrons. The molecule has 0 radical (unpaired) electrons. The highest BCUT2D eigenvalue weighted by Gasteiger charge is 2.22. The molecule has 0 amide bonds. The Labute approximate surface area is 155 Å². The third kappa shape index (κ3) is 4.09. The van der Waals surface area contributed by atoms with E-state index in [4.69, 9.17) is 14.9 Å². The predicted octanol–water partition coefficient (Wildman–Crippen LogP) is 4.27. The zero-order valence-electron chi connectivity index (χ0n) is 14.1.